The number of hydrogen-bond donors (Lipinski definition) is 0. The Labute approximate surface area is 459 Å². The number of hydrogen-bond acceptors (Lipinski definition) is 3. The number of rotatable bonds is 15. The van der Waals surface area contributed by atoms with Gasteiger partial charge in [-0.1, -0.05) is 212 Å². The summed E-state index contributed by atoms with van der Waals surface area (Å²) < 4.78 is 0. The van der Waals surface area contributed by atoms with Crippen LogP contribution in [0.2, 0.25) is 0 Å². The maximum atomic E-state index is 2.37. The van der Waals surface area contributed by atoms with Gasteiger partial charge in [0.15, 0.2) is 0 Å². The van der Waals surface area contributed by atoms with Crippen LogP contribution in [-0.4, -0.2) is 0 Å². The van der Waals surface area contributed by atoms with Gasteiger partial charge in [0.25, 0.3) is 0 Å². The molecule has 0 aromatic heterocycles. The van der Waals surface area contributed by atoms with Crippen molar-refractivity contribution < 1.29 is 0 Å². The molecule has 0 saturated carbocycles. The molecule has 12 aromatic carbocycles. The van der Waals surface area contributed by atoms with Crippen LogP contribution in [0.25, 0.3) is 22.3 Å². The van der Waals surface area contributed by atoms with E-state index in [4.69, 9.17) is 0 Å². The molecule has 0 radical (unpaired) electrons. The van der Waals surface area contributed by atoms with Gasteiger partial charge < -0.3 is 14.7 Å². The molecule has 0 fully saturated rings. The molecule has 0 spiro atoms. The average Bonchev–Trinajstić information content (AvgIpc) is 3.66. The minimum atomic E-state index is -0.558. The van der Waals surface area contributed by atoms with Gasteiger partial charge in [0.05, 0.1) is 5.41 Å². The number of nitrogens with zero attached hydrogens (tertiary/aromatic N) is 3. The van der Waals surface area contributed by atoms with Crippen molar-refractivity contribution >= 4 is 51.2 Å². The maximum Gasteiger partial charge on any atom is 0.0701 e. The zero-order valence-electron chi connectivity index (χ0n) is 43.9. The van der Waals surface area contributed by atoms with E-state index in [9.17, 15) is 0 Å². The van der Waals surface area contributed by atoms with Gasteiger partial charge in [-0.05, 0) is 179 Å². The molecule has 374 valence electrons. The number of aryl methyl sites for hydroxylation is 2. The van der Waals surface area contributed by atoms with Crippen molar-refractivity contribution in [1.29, 1.82) is 0 Å². The molecule has 0 bridgehead atoms. The molecule has 0 heterocycles. The van der Waals surface area contributed by atoms with Crippen molar-refractivity contribution in [3.63, 3.8) is 0 Å². The lowest BCUT2D eigenvalue weighted by atomic mass is 9.65. The van der Waals surface area contributed by atoms with Crippen LogP contribution in [0.15, 0.2) is 322 Å². The smallest absolute Gasteiger partial charge is 0.0701 e. The third kappa shape index (κ3) is 9.89. The molecule has 78 heavy (non-hydrogen) atoms. The molecule has 0 aliphatic rings. The summed E-state index contributed by atoms with van der Waals surface area (Å²) in [4.78, 5) is 7.01. The van der Waals surface area contributed by atoms with E-state index >= 15 is 0 Å². The largest absolute Gasteiger partial charge is 0.311 e. The second kappa shape index (κ2) is 22.1. The summed E-state index contributed by atoms with van der Waals surface area (Å²) >= 11 is 0. The third-order valence-corrected chi connectivity index (χ3v) is 14.9. The molecule has 0 aliphatic carbocycles. The fourth-order valence-corrected chi connectivity index (χ4v) is 11.2. The number of benzene rings is 12. The molecule has 0 atom stereocenters. The molecule has 3 nitrogen and oxygen atoms in total. The lowest BCUT2D eigenvalue weighted by Crippen LogP contribution is -2.31. The molecule has 12 aromatic rings. The Balaban J connectivity index is 0.912. The molecule has 0 N–H and O–H groups in total. The summed E-state index contributed by atoms with van der Waals surface area (Å²) in [6, 6.07) is 116. The summed E-state index contributed by atoms with van der Waals surface area (Å²) in [7, 11) is 0. The summed E-state index contributed by atoms with van der Waals surface area (Å²) in [6.07, 6.45) is 0. The second-order valence-electron chi connectivity index (χ2n) is 19.9. The Kier molecular flexibility index (Phi) is 13.9. The topological polar surface area (TPSA) is 9.72 Å². The van der Waals surface area contributed by atoms with Crippen molar-refractivity contribution in [1.82, 2.24) is 0 Å². The quantitative estimate of drug-likeness (QED) is 0.0948. The van der Waals surface area contributed by atoms with Crippen LogP contribution in [0, 0.1) is 13.8 Å². The summed E-state index contributed by atoms with van der Waals surface area (Å²) in [5.41, 5.74) is 21.2. The Bertz CT molecular complexity index is 3590. The Morgan fingerprint density at radius 3 is 0.692 bits per heavy atom. The monoisotopic (exact) mass is 1000 g/mol. The van der Waals surface area contributed by atoms with Crippen molar-refractivity contribution in [2.75, 3.05) is 14.7 Å². The Hall–Kier alpha value is -9.96. The molecule has 0 amide bonds. The predicted octanol–water partition coefficient (Wildman–Crippen LogP) is 20.4. The zero-order valence-corrected chi connectivity index (χ0v) is 43.9. The van der Waals surface area contributed by atoms with E-state index in [0.717, 1.165) is 73.4 Å². The molecule has 0 unspecified atom stereocenters. The minimum Gasteiger partial charge on any atom is -0.311 e. The summed E-state index contributed by atoms with van der Waals surface area (Å²) in [5.74, 6) is 0. The van der Waals surface area contributed by atoms with Crippen molar-refractivity contribution in [3.8, 4) is 22.3 Å². The number of anilines is 9. The fraction of sp³-hybridized carbons (Fsp3) is 0.0400. The van der Waals surface area contributed by atoms with E-state index in [2.05, 4.69) is 350 Å². The van der Waals surface area contributed by atoms with Gasteiger partial charge in [-0.2, -0.15) is 0 Å². The SMILES string of the molecule is Cc1cccc(N(c2ccccc2)c2ccc(-c3ccc(N(c4ccc(-c5ccc(N(c6ccccc6)c6cccc(C)c6)cc5)cc4)c4ccc(C(c5ccccc5)(c5ccccc5)c5ccccc5)cc4)cc3)cc2)c1. The van der Waals surface area contributed by atoms with E-state index in [0.29, 0.717) is 0 Å². The van der Waals surface area contributed by atoms with Gasteiger partial charge in [0, 0.05) is 51.2 Å². The van der Waals surface area contributed by atoms with Crippen LogP contribution in [0.3, 0.4) is 0 Å². The first-order valence-corrected chi connectivity index (χ1v) is 26.8. The van der Waals surface area contributed by atoms with E-state index in [-0.39, 0.29) is 0 Å². The molecular weight excluding hydrogens is 943 g/mol. The van der Waals surface area contributed by atoms with Gasteiger partial charge in [0.1, 0.15) is 0 Å². The van der Waals surface area contributed by atoms with E-state index < -0.39 is 5.41 Å². The molecule has 0 saturated heterocycles. The lowest BCUT2D eigenvalue weighted by Gasteiger charge is -2.37. The van der Waals surface area contributed by atoms with Crippen LogP contribution in [0.4, 0.5) is 51.2 Å². The number of para-hydroxylation sites is 2. The van der Waals surface area contributed by atoms with Gasteiger partial charge in [0.2, 0.25) is 0 Å². The zero-order chi connectivity index (χ0) is 52.7. The highest BCUT2D eigenvalue weighted by Crippen LogP contribution is 2.47. The van der Waals surface area contributed by atoms with E-state index in [1.807, 2.05) is 0 Å². The van der Waals surface area contributed by atoms with Crippen LogP contribution in [-0.2, 0) is 5.41 Å². The third-order valence-electron chi connectivity index (χ3n) is 14.9. The van der Waals surface area contributed by atoms with Gasteiger partial charge in [-0.15, -0.1) is 0 Å². The summed E-state index contributed by atoms with van der Waals surface area (Å²) in [5, 5.41) is 0. The van der Waals surface area contributed by atoms with Crippen LogP contribution in [0.5, 0.6) is 0 Å². The van der Waals surface area contributed by atoms with Crippen LogP contribution < -0.4 is 14.7 Å². The van der Waals surface area contributed by atoms with Crippen LogP contribution in [0.1, 0.15) is 33.4 Å². The Morgan fingerprint density at radius 2 is 0.410 bits per heavy atom. The first kappa shape index (κ1) is 48.9. The van der Waals surface area contributed by atoms with Crippen LogP contribution >= 0.6 is 0 Å². The van der Waals surface area contributed by atoms with E-state index in [1.54, 1.807) is 0 Å². The van der Waals surface area contributed by atoms with Crippen molar-refractivity contribution in [3.05, 3.63) is 355 Å². The highest BCUT2D eigenvalue weighted by molar-refractivity contribution is 5.83. The van der Waals surface area contributed by atoms with Gasteiger partial charge in [-0.3, -0.25) is 0 Å². The maximum absolute atomic E-state index is 2.37. The average molecular weight is 1000 g/mol. The van der Waals surface area contributed by atoms with Gasteiger partial charge >= 0.3 is 0 Å². The standard InChI is InChI=1S/C75H59N3/c1-56-20-18-32-73(54-56)77(66-28-14-6-15-29-66)70-48-38-60(39-49-70)58-34-44-68(45-35-58)76(72-52-42-65(43-53-72)75(62-22-8-3-9-23-62,63-24-10-4-11-25-63)64-26-12-5-13-27-64)69-46-36-59(37-47-69)61-40-50-71(51-41-61)78(67-30-16-7-17-31-67)74-33-19-21-57(2)55-74/h3-55H,1-2H3. The van der Waals surface area contributed by atoms with Gasteiger partial charge in [-0.25, -0.2) is 0 Å². The molecule has 3 heteroatoms. The second-order valence-corrected chi connectivity index (χ2v) is 19.9. The minimum absolute atomic E-state index is 0.558. The highest BCUT2D eigenvalue weighted by Gasteiger charge is 2.38. The van der Waals surface area contributed by atoms with Crippen molar-refractivity contribution in [2.45, 2.75) is 19.3 Å². The van der Waals surface area contributed by atoms with Crippen molar-refractivity contribution in [2.24, 2.45) is 0 Å². The molecule has 12 rings (SSSR count). The molecular formula is C75H59N3. The first-order chi connectivity index (χ1) is 38.5. The fourth-order valence-electron chi connectivity index (χ4n) is 11.2. The lowest BCUT2D eigenvalue weighted by molar-refractivity contribution is 0.745. The predicted molar refractivity (Wildman–Crippen MR) is 329 cm³/mol. The highest BCUT2D eigenvalue weighted by atomic mass is 15.2. The Morgan fingerprint density at radius 1 is 0.192 bits per heavy atom. The normalized spacial score (nSPS) is 11.2. The summed E-state index contributed by atoms with van der Waals surface area (Å²) in [6.45, 7) is 4.29. The van der Waals surface area contributed by atoms with E-state index in [1.165, 1.54) is 33.4 Å². The molecule has 0 aliphatic heterocycles. The first-order valence-electron chi connectivity index (χ1n) is 26.8.